The van der Waals surface area contributed by atoms with E-state index in [1.807, 2.05) is 0 Å². The Morgan fingerprint density at radius 3 is 2.15 bits per heavy atom. The molecule has 1 unspecified atom stereocenters. The van der Waals surface area contributed by atoms with E-state index in [4.69, 9.17) is 17.1 Å². The van der Waals surface area contributed by atoms with E-state index in [9.17, 15) is 31.2 Å². The molecule has 2 radical (unpaired) electrons. The fraction of sp³-hybridized carbons (Fsp3) is 0.636. The SMILES string of the molecule is [B]Cc1ccc(C(=O)OC(CS(=O)(=O)O)C(F)(F)F)c(OC(=O)C23CC4CC(CC(C4)C2)C3)c1. The van der Waals surface area contributed by atoms with Gasteiger partial charge in [-0.1, -0.05) is 17.9 Å². The highest BCUT2D eigenvalue weighted by molar-refractivity contribution is 7.85. The average Bonchev–Trinajstić information content (AvgIpc) is 2.70. The third kappa shape index (κ3) is 5.27. The number of hydrogen-bond acceptors (Lipinski definition) is 6. The van der Waals surface area contributed by atoms with Crippen molar-refractivity contribution in [1.82, 2.24) is 0 Å². The lowest BCUT2D eigenvalue weighted by Crippen LogP contribution is -2.51. The zero-order chi connectivity index (χ0) is 24.9. The molecule has 0 saturated heterocycles. The third-order valence-electron chi connectivity index (χ3n) is 7.15. The normalized spacial score (nSPS) is 29.0. The van der Waals surface area contributed by atoms with Crippen molar-refractivity contribution in [2.75, 3.05) is 5.75 Å². The molecule has 4 fully saturated rings. The molecule has 0 aliphatic heterocycles. The molecule has 12 heteroatoms. The Hall–Kier alpha value is -2.08. The number of benzene rings is 1. The molecule has 7 nitrogen and oxygen atoms in total. The van der Waals surface area contributed by atoms with E-state index >= 15 is 0 Å². The van der Waals surface area contributed by atoms with Crippen molar-refractivity contribution in [3.05, 3.63) is 29.3 Å². The van der Waals surface area contributed by atoms with Crippen LogP contribution in [0, 0.1) is 23.2 Å². The number of alkyl halides is 3. The molecule has 0 spiro atoms. The highest BCUT2D eigenvalue weighted by Crippen LogP contribution is 2.60. The first-order chi connectivity index (χ1) is 15.8. The molecular weight excluding hydrogens is 476 g/mol. The highest BCUT2D eigenvalue weighted by atomic mass is 32.2. The Kier molecular flexibility index (Phi) is 6.52. The minimum absolute atomic E-state index is 0.0190. The first kappa shape index (κ1) is 25.0. The molecule has 1 aromatic carbocycles. The zero-order valence-corrected chi connectivity index (χ0v) is 19.0. The summed E-state index contributed by atoms with van der Waals surface area (Å²) in [5, 5.41) is 0. The predicted molar refractivity (Wildman–Crippen MR) is 114 cm³/mol. The number of halogens is 3. The van der Waals surface area contributed by atoms with Gasteiger partial charge in [-0.25, -0.2) is 4.79 Å². The van der Waals surface area contributed by atoms with E-state index in [1.54, 1.807) is 0 Å². The molecular formula is C22H24BF3O7S. The van der Waals surface area contributed by atoms with Crippen molar-refractivity contribution in [3.8, 4) is 5.75 Å². The lowest BCUT2D eigenvalue weighted by Gasteiger charge is -2.55. The van der Waals surface area contributed by atoms with Gasteiger partial charge in [-0.3, -0.25) is 9.35 Å². The zero-order valence-electron chi connectivity index (χ0n) is 18.2. The number of carbonyl (C=O) groups excluding carboxylic acids is 2. The van der Waals surface area contributed by atoms with Crippen LogP contribution in [0.3, 0.4) is 0 Å². The summed E-state index contributed by atoms with van der Waals surface area (Å²) in [4.78, 5) is 25.9. The maximum absolute atomic E-state index is 13.3. The Bertz CT molecular complexity index is 1050. The molecule has 4 aliphatic rings. The number of esters is 2. The molecule has 4 bridgehead atoms. The van der Waals surface area contributed by atoms with Gasteiger partial charge in [-0.2, -0.15) is 21.6 Å². The average molecular weight is 500 g/mol. The van der Waals surface area contributed by atoms with Crippen LogP contribution in [-0.4, -0.2) is 50.8 Å². The standard InChI is InChI=1S/C22H24BF3O7S/c23-10-12-1-2-16(19(27)33-18(22(24,25)26)11-34(29,30)31)17(6-12)32-20(28)21-7-13-3-14(8-21)5-15(4-13)9-21/h1-2,6,13-15,18H,3-5,7-11H2,(H,29,30,31). The van der Waals surface area contributed by atoms with E-state index in [0.29, 0.717) is 42.6 Å². The number of hydrogen-bond donors (Lipinski definition) is 1. The number of rotatable bonds is 7. The summed E-state index contributed by atoms with van der Waals surface area (Å²) >= 11 is 0. The monoisotopic (exact) mass is 500 g/mol. The molecule has 5 rings (SSSR count). The van der Waals surface area contributed by atoms with Crippen LogP contribution in [0.1, 0.15) is 54.4 Å². The fourth-order valence-corrected chi connectivity index (χ4v) is 6.73. The fourth-order valence-electron chi connectivity index (χ4n) is 6.09. The molecule has 4 saturated carbocycles. The van der Waals surface area contributed by atoms with Gasteiger partial charge in [0.1, 0.15) is 17.1 Å². The van der Waals surface area contributed by atoms with Gasteiger partial charge in [-0.05, 0) is 68.4 Å². The van der Waals surface area contributed by atoms with E-state index in [0.717, 1.165) is 25.3 Å². The second-order valence-electron chi connectivity index (χ2n) is 9.81. The molecule has 0 aromatic heterocycles. The van der Waals surface area contributed by atoms with Crippen LogP contribution in [0.15, 0.2) is 18.2 Å². The van der Waals surface area contributed by atoms with Crippen molar-refractivity contribution in [2.45, 2.75) is 57.1 Å². The molecule has 4 aliphatic carbocycles. The summed E-state index contributed by atoms with van der Waals surface area (Å²) in [6, 6.07) is 3.78. The Balaban J connectivity index is 1.59. The molecule has 184 valence electrons. The first-order valence-corrected chi connectivity index (χ1v) is 12.7. The van der Waals surface area contributed by atoms with Gasteiger partial charge in [0.25, 0.3) is 10.1 Å². The smallest absolute Gasteiger partial charge is 0.426 e. The summed E-state index contributed by atoms with van der Waals surface area (Å²) in [6.45, 7) is 0. The van der Waals surface area contributed by atoms with Crippen LogP contribution >= 0.6 is 0 Å². The van der Waals surface area contributed by atoms with Crippen molar-refractivity contribution in [2.24, 2.45) is 23.2 Å². The van der Waals surface area contributed by atoms with Crippen LogP contribution in [0.2, 0.25) is 0 Å². The van der Waals surface area contributed by atoms with Crippen LogP contribution in [0.25, 0.3) is 0 Å². The number of ether oxygens (including phenoxy) is 2. The van der Waals surface area contributed by atoms with Crippen molar-refractivity contribution in [3.63, 3.8) is 0 Å². The van der Waals surface area contributed by atoms with Gasteiger partial charge < -0.3 is 9.47 Å². The maximum Gasteiger partial charge on any atom is 0.426 e. The Morgan fingerprint density at radius 2 is 1.68 bits per heavy atom. The van der Waals surface area contributed by atoms with Gasteiger partial charge >= 0.3 is 18.1 Å². The second kappa shape index (κ2) is 8.85. The third-order valence-corrected chi connectivity index (χ3v) is 7.88. The summed E-state index contributed by atoms with van der Waals surface area (Å²) in [5.41, 5.74) is -0.691. The molecule has 0 heterocycles. The van der Waals surface area contributed by atoms with Gasteiger partial charge in [0, 0.05) is 0 Å². The summed E-state index contributed by atoms with van der Waals surface area (Å²) in [5.74, 6) is -2.90. The Labute approximate surface area is 196 Å². The minimum Gasteiger partial charge on any atom is -0.448 e. The second-order valence-corrected chi connectivity index (χ2v) is 11.3. The molecule has 0 amide bonds. The summed E-state index contributed by atoms with van der Waals surface area (Å²) < 4.78 is 80.5. The molecule has 1 atom stereocenters. The van der Waals surface area contributed by atoms with E-state index < -0.39 is 51.1 Å². The van der Waals surface area contributed by atoms with Gasteiger partial charge in [0.2, 0.25) is 6.10 Å². The van der Waals surface area contributed by atoms with Gasteiger partial charge in [0.05, 0.1) is 13.3 Å². The van der Waals surface area contributed by atoms with Gasteiger partial charge in [0.15, 0.2) is 0 Å². The molecule has 34 heavy (non-hydrogen) atoms. The first-order valence-electron chi connectivity index (χ1n) is 11.1. The quantitative estimate of drug-likeness (QED) is 0.265. The highest BCUT2D eigenvalue weighted by Gasteiger charge is 2.56. The van der Waals surface area contributed by atoms with Crippen LogP contribution in [-0.2, 0) is 26.0 Å². The topological polar surface area (TPSA) is 107 Å². The molecule has 1 N–H and O–H groups in total. The largest absolute Gasteiger partial charge is 0.448 e. The van der Waals surface area contributed by atoms with Gasteiger partial charge in [-0.15, -0.1) is 0 Å². The Morgan fingerprint density at radius 1 is 1.12 bits per heavy atom. The summed E-state index contributed by atoms with van der Waals surface area (Å²) in [7, 11) is 0.530. The number of carbonyl (C=O) groups is 2. The predicted octanol–water partition coefficient (Wildman–Crippen LogP) is 3.45. The van der Waals surface area contributed by atoms with E-state index in [-0.39, 0.29) is 12.1 Å². The van der Waals surface area contributed by atoms with Crippen molar-refractivity contribution >= 4 is 29.9 Å². The lowest BCUT2D eigenvalue weighted by molar-refractivity contribution is -0.197. The van der Waals surface area contributed by atoms with Crippen molar-refractivity contribution in [1.29, 1.82) is 0 Å². The lowest BCUT2D eigenvalue weighted by atomic mass is 9.49. The van der Waals surface area contributed by atoms with Crippen LogP contribution < -0.4 is 4.74 Å². The van der Waals surface area contributed by atoms with Crippen molar-refractivity contribution < 1.29 is 45.2 Å². The van der Waals surface area contributed by atoms with E-state index in [1.165, 1.54) is 12.1 Å². The van der Waals surface area contributed by atoms with E-state index in [2.05, 4.69) is 4.74 Å². The summed E-state index contributed by atoms with van der Waals surface area (Å²) in [6.07, 6.45) is -3.05. The van der Waals surface area contributed by atoms with Crippen LogP contribution in [0.4, 0.5) is 13.2 Å². The minimum atomic E-state index is -5.25. The van der Waals surface area contributed by atoms with Crippen LogP contribution in [0.5, 0.6) is 5.75 Å². The molecule has 1 aromatic rings. The maximum atomic E-state index is 13.3.